The third-order valence-corrected chi connectivity index (χ3v) is 6.78. The first-order valence-electron chi connectivity index (χ1n) is 13.3. The van der Waals surface area contributed by atoms with Crippen LogP contribution < -0.4 is 20.3 Å². The number of nitrogen functional groups attached to an aromatic ring is 1. The molecule has 3 aromatic heterocycles. The summed E-state index contributed by atoms with van der Waals surface area (Å²) in [5.41, 5.74) is 7.83. The quantitative estimate of drug-likeness (QED) is 0.304. The molecule has 0 radical (unpaired) electrons. The zero-order valence-electron chi connectivity index (χ0n) is 23.6. The summed E-state index contributed by atoms with van der Waals surface area (Å²) in [6.07, 6.45) is -0.417. The number of anilines is 3. The summed E-state index contributed by atoms with van der Waals surface area (Å²) in [6, 6.07) is 6.81. The molecule has 1 saturated heterocycles. The van der Waals surface area contributed by atoms with Gasteiger partial charge >= 0.3 is 0 Å². The van der Waals surface area contributed by atoms with Gasteiger partial charge in [0.05, 0.1) is 43.3 Å². The number of aromatic nitrogens is 6. The van der Waals surface area contributed by atoms with Crippen molar-refractivity contribution in [1.82, 2.24) is 34.4 Å². The minimum absolute atomic E-state index is 0.00572. The van der Waals surface area contributed by atoms with Gasteiger partial charge in [-0.15, -0.1) is 0 Å². The number of methoxy groups -OCH3 is 1. The number of ether oxygens (including phenoxy) is 2. The Balaban J connectivity index is 1.70. The lowest BCUT2D eigenvalue weighted by atomic mass is 10.2. The fourth-order valence-electron chi connectivity index (χ4n) is 4.76. The van der Waals surface area contributed by atoms with Crippen molar-refractivity contribution in [2.24, 2.45) is 0 Å². The fourth-order valence-corrected chi connectivity index (χ4v) is 4.76. The molecule has 2 N–H and O–H groups in total. The van der Waals surface area contributed by atoms with Crippen LogP contribution in [0, 0.1) is 0 Å². The van der Waals surface area contributed by atoms with Crippen LogP contribution in [0.4, 0.5) is 26.2 Å². The average Bonchev–Trinajstić information content (AvgIpc) is 3.37. The van der Waals surface area contributed by atoms with E-state index in [4.69, 9.17) is 25.2 Å². The minimum Gasteiger partial charge on any atom is -0.494 e. The molecule has 1 aliphatic heterocycles. The molecule has 0 amide bonds. The van der Waals surface area contributed by atoms with E-state index in [1.807, 2.05) is 30.9 Å². The topological polar surface area (TPSA) is 124 Å². The molecule has 0 unspecified atom stereocenters. The highest BCUT2D eigenvalue weighted by Gasteiger charge is 2.27. The Morgan fingerprint density at radius 1 is 1.05 bits per heavy atom. The summed E-state index contributed by atoms with van der Waals surface area (Å²) in [4.78, 5) is 29.1. The Bertz CT molecular complexity index is 1510. The molecule has 0 spiro atoms. The van der Waals surface area contributed by atoms with E-state index in [9.17, 15) is 8.78 Å². The maximum atomic E-state index is 14.4. The number of hydrogen-bond donors (Lipinski definition) is 1. The Hall–Kier alpha value is -4.17. The molecule has 4 heterocycles. The van der Waals surface area contributed by atoms with Crippen molar-refractivity contribution in [3.8, 4) is 23.1 Å². The Kier molecular flexibility index (Phi) is 8.40. The molecule has 0 atom stereocenters. The van der Waals surface area contributed by atoms with Gasteiger partial charge in [0.15, 0.2) is 11.6 Å². The highest BCUT2D eigenvalue weighted by atomic mass is 19.3. The van der Waals surface area contributed by atoms with Gasteiger partial charge in [0, 0.05) is 26.7 Å². The number of imidazole rings is 1. The second-order valence-corrected chi connectivity index (χ2v) is 10.0. The Morgan fingerprint density at radius 3 is 2.51 bits per heavy atom. The monoisotopic (exact) mass is 568 g/mol. The van der Waals surface area contributed by atoms with Crippen molar-refractivity contribution in [1.29, 1.82) is 0 Å². The molecule has 14 heteroatoms. The number of para-hydroxylation sites is 1. The Labute approximate surface area is 236 Å². The van der Waals surface area contributed by atoms with Gasteiger partial charge in [-0.3, -0.25) is 4.57 Å². The first kappa shape index (κ1) is 28.4. The van der Waals surface area contributed by atoms with Gasteiger partial charge in [0.2, 0.25) is 11.9 Å². The number of halogens is 2. The normalized spacial score (nSPS) is 13.9. The molecule has 1 fully saturated rings. The molecule has 1 aromatic carbocycles. The molecule has 12 nitrogen and oxygen atoms in total. The fraction of sp³-hybridized carbons (Fsp3) is 0.444. The van der Waals surface area contributed by atoms with Crippen LogP contribution in [0.15, 0.2) is 30.5 Å². The van der Waals surface area contributed by atoms with E-state index in [2.05, 4.69) is 19.9 Å². The summed E-state index contributed by atoms with van der Waals surface area (Å²) >= 11 is 0. The van der Waals surface area contributed by atoms with Crippen molar-refractivity contribution in [2.75, 3.05) is 83.2 Å². The molecular weight excluding hydrogens is 534 g/mol. The van der Waals surface area contributed by atoms with Crippen molar-refractivity contribution in [3.05, 3.63) is 36.3 Å². The molecule has 218 valence electrons. The third-order valence-electron chi connectivity index (χ3n) is 6.78. The van der Waals surface area contributed by atoms with Crippen molar-refractivity contribution >= 4 is 28.5 Å². The molecular formula is C27H34F2N10O2. The van der Waals surface area contributed by atoms with Crippen LogP contribution in [0.2, 0.25) is 0 Å². The van der Waals surface area contributed by atoms with Gasteiger partial charge in [-0.25, -0.2) is 18.7 Å². The predicted molar refractivity (Wildman–Crippen MR) is 153 cm³/mol. The zero-order valence-corrected chi connectivity index (χ0v) is 23.6. The number of hydrogen-bond acceptors (Lipinski definition) is 11. The molecule has 0 bridgehead atoms. The number of nitrogens with zero attached hydrogens (tertiary/aromatic N) is 9. The average molecular weight is 569 g/mol. The lowest BCUT2D eigenvalue weighted by Crippen LogP contribution is -2.37. The smallest absolute Gasteiger partial charge is 0.296 e. The van der Waals surface area contributed by atoms with Crippen molar-refractivity contribution in [3.63, 3.8) is 0 Å². The van der Waals surface area contributed by atoms with Crippen LogP contribution in [0.5, 0.6) is 5.75 Å². The SMILES string of the molecule is COc1cccc2c1nc(C(F)F)n2-c1nc(-c2cc(N)cnc2N(C)CCCN(C)C)nc(N2CCOCC2)n1. The molecule has 4 aromatic rings. The summed E-state index contributed by atoms with van der Waals surface area (Å²) < 4.78 is 41.0. The van der Waals surface area contributed by atoms with Gasteiger partial charge in [-0.05, 0) is 45.3 Å². The van der Waals surface area contributed by atoms with Gasteiger partial charge in [0.1, 0.15) is 17.1 Å². The zero-order chi connectivity index (χ0) is 29.1. The van der Waals surface area contributed by atoms with Crippen LogP contribution in [-0.2, 0) is 4.74 Å². The lowest BCUT2D eigenvalue weighted by molar-refractivity contribution is 0.122. The van der Waals surface area contributed by atoms with Crippen molar-refractivity contribution in [2.45, 2.75) is 12.8 Å². The second kappa shape index (κ2) is 12.1. The number of pyridine rings is 1. The molecule has 0 aliphatic carbocycles. The first-order chi connectivity index (χ1) is 19.8. The summed E-state index contributed by atoms with van der Waals surface area (Å²) in [7, 11) is 7.45. The van der Waals surface area contributed by atoms with Crippen molar-refractivity contribution < 1.29 is 18.3 Å². The van der Waals surface area contributed by atoms with E-state index < -0.39 is 12.2 Å². The van der Waals surface area contributed by atoms with E-state index in [1.165, 1.54) is 11.7 Å². The van der Waals surface area contributed by atoms with E-state index in [-0.39, 0.29) is 17.3 Å². The standard InChI is InChI=1S/C27H34F2N10O2/c1-36(2)9-6-10-37(3)24-18(15-17(30)16-31-24)23-33-26(38-11-13-41-14-12-38)35-27(34-23)39-19-7-5-8-20(40-4)21(19)32-25(39)22(28)29/h5,7-8,15-16,22H,6,9-14,30H2,1-4H3. The number of morpholine rings is 1. The van der Waals surface area contributed by atoms with E-state index in [0.29, 0.717) is 60.6 Å². The third kappa shape index (κ3) is 5.98. The number of nitrogens with two attached hydrogens (primary N) is 1. The molecule has 0 saturated carbocycles. The first-order valence-corrected chi connectivity index (χ1v) is 13.3. The molecule has 1 aliphatic rings. The predicted octanol–water partition coefficient (Wildman–Crippen LogP) is 3.03. The van der Waals surface area contributed by atoms with E-state index in [1.54, 1.807) is 30.5 Å². The maximum Gasteiger partial charge on any atom is 0.296 e. The van der Waals surface area contributed by atoms with Crippen LogP contribution in [0.3, 0.4) is 0 Å². The van der Waals surface area contributed by atoms with Gasteiger partial charge < -0.3 is 29.9 Å². The number of fused-ring (bicyclic) bond motifs is 1. The van der Waals surface area contributed by atoms with Crippen LogP contribution >= 0.6 is 0 Å². The summed E-state index contributed by atoms with van der Waals surface area (Å²) in [5, 5.41) is 0. The highest BCUT2D eigenvalue weighted by molar-refractivity contribution is 5.84. The van der Waals surface area contributed by atoms with Gasteiger partial charge in [-0.1, -0.05) is 6.07 Å². The largest absolute Gasteiger partial charge is 0.494 e. The summed E-state index contributed by atoms with van der Waals surface area (Å²) in [5.74, 6) is 1.09. The number of benzene rings is 1. The number of rotatable bonds is 10. The van der Waals surface area contributed by atoms with Gasteiger partial charge in [-0.2, -0.15) is 15.0 Å². The van der Waals surface area contributed by atoms with E-state index in [0.717, 1.165) is 19.5 Å². The van der Waals surface area contributed by atoms with E-state index >= 15 is 0 Å². The highest BCUT2D eigenvalue weighted by Crippen LogP contribution is 2.34. The molecule has 41 heavy (non-hydrogen) atoms. The molecule has 5 rings (SSSR count). The van der Waals surface area contributed by atoms with Gasteiger partial charge in [0.25, 0.3) is 6.43 Å². The minimum atomic E-state index is -2.90. The van der Waals surface area contributed by atoms with Crippen LogP contribution in [0.25, 0.3) is 28.4 Å². The van der Waals surface area contributed by atoms with Crippen LogP contribution in [-0.4, -0.2) is 102 Å². The maximum absolute atomic E-state index is 14.4. The lowest BCUT2D eigenvalue weighted by Gasteiger charge is -2.27. The number of alkyl halides is 2. The van der Waals surface area contributed by atoms with Crippen LogP contribution in [0.1, 0.15) is 18.7 Å². The Morgan fingerprint density at radius 2 is 1.80 bits per heavy atom. The summed E-state index contributed by atoms with van der Waals surface area (Å²) in [6.45, 7) is 3.68. The second-order valence-electron chi connectivity index (χ2n) is 10.0.